The van der Waals surface area contributed by atoms with Crippen LogP contribution in [0.3, 0.4) is 0 Å². The second-order valence-electron chi connectivity index (χ2n) is 8.20. The molecule has 1 unspecified atom stereocenters. The first-order chi connectivity index (χ1) is 15.8. The Hall–Kier alpha value is -3.44. The average molecular weight is 454 g/mol. The normalized spacial score (nSPS) is 18.5. The number of alkyl halides is 3. The van der Waals surface area contributed by atoms with E-state index in [1.807, 2.05) is 30.1 Å². The van der Waals surface area contributed by atoms with Gasteiger partial charge in [0.15, 0.2) is 6.29 Å². The zero-order valence-corrected chi connectivity index (χ0v) is 18.6. The molecule has 5 nitrogen and oxygen atoms in total. The fourth-order valence-electron chi connectivity index (χ4n) is 4.55. The molecule has 5 rings (SSSR count). The number of terminal acetylenes is 1. The van der Waals surface area contributed by atoms with Gasteiger partial charge in [-0.1, -0.05) is 18.2 Å². The van der Waals surface area contributed by atoms with E-state index in [1.165, 1.54) is 6.07 Å². The van der Waals surface area contributed by atoms with E-state index in [9.17, 15) is 13.2 Å². The summed E-state index contributed by atoms with van der Waals surface area (Å²) in [6.07, 6.45) is 3.50. The summed E-state index contributed by atoms with van der Waals surface area (Å²) in [5.74, 6) is 1.00. The summed E-state index contributed by atoms with van der Waals surface area (Å²) >= 11 is 0. The topological polar surface area (TPSA) is 34.6 Å². The zero-order chi connectivity index (χ0) is 23.8. The summed E-state index contributed by atoms with van der Waals surface area (Å²) < 4.78 is 39.2. The largest absolute Gasteiger partial charge is 0.416 e. The van der Waals surface area contributed by atoms with Gasteiger partial charge >= 0.3 is 6.18 Å². The molecule has 0 spiro atoms. The lowest BCUT2D eigenvalue weighted by atomic mass is 10.1. The van der Waals surface area contributed by atoms with E-state index < -0.39 is 11.7 Å². The minimum Gasteiger partial charge on any atom is -0.354 e. The molecule has 0 bridgehead atoms. The molecule has 0 amide bonds. The van der Waals surface area contributed by atoms with Crippen molar-refractivity contribution in [3.05, 3.63) is 59.7 Å². The molecule has 172 valence electrons. The Morgan fingerprint density at radius 1 is 1.00 bits per heavy atom. The first kappa shape index (κ1) is 22.7. The Kier molecular flexibility index (Phi) is 6.09. The Morgan fingerprint density at radius 3 is 2.39 bits per heavy atom. The van der Waals surface area contributed by atoms with Gasteiger partial charge in [-0.15, -0.1) is 12.8 Å². The third-order valence-electron chi connectivity index (χ3n) is 6.20. The number of hydrogen-bond donors (Lipinski definition) is 1. The van der Waals surface area contributed by atoms with Crippen molar-refractivity contribution in [1.29, 1.82) is 0 Å². The Morgan fingerprint density at radius 2 is 1.70 bits per heavy atom. The number of nitrogens with one attached hydrogen (secondary N) is 1. The van der Waals surface area contributed by atoms with Gasteiger partial charge in [0.1, 0.15) is 5.82 Å². The third kappa shape index (κ3) is 4.29. The molecule has 1 aromatic heterocycles. The molecule has 1 fully saturated rings. The second kappa shape index (κ2) is 8.83. The fraction of sp³-hybridized carbons (Fsp3) is 0.320. The molecular weight excluding hydrogens is 427 g/mol. The van der Waals surface area contributed by atoms with E-state index in [0.717, 1.165) is 60.2 Å². The number of rotatable bonds is 2. The van der Waals surface area contributed by atoms with Gasteiger partial charge in [-0.25, -0.2) is 4.98 Å². The first-order valence-corrected chi connectivity index (χ1v) is 10.7. The monoisotopic (exact) mass is 453 g/mol. The van der Waals surface area contributed by atoms with Gasteiger partial charge in [0, 0.05) is 38.6 Å². The van der Waals surface area contributed by atoms with Crippen LogP contribution >= 0.6 is 0 Å². The Labute approximate surface area is 191 Å². The molecule has 0 aliphatic carbocycles. The number of para-hydroxylation sites is 1. The molecule has 0 radical (unpaired) electrons. The first-order valence-electron chi connectivity index (χ1n) is 10.7. The lowest BCUT2D eigenvalue weighted by molar-refractivity contribution is -0.137. The highest BCUT2D eigenvalue weighted by atomic mass is 19.4. The number of piperazine rings is 1. The van der Waals surface area contributed by atoms with Crippen LogP contribution in [0.2, 0.25) is 0 Å². The Balaban J connectivity index is 0.00000126. The number of aryl methyl sites for hydroxylation is 1. The van der Waals surface area contributed by atoms with E-state index in [4.69, 9.17) is 4.98 Å². The van der Waals surface area contributed by atoms with Crippen molar-refractivity contribution in [1.82, 2.24) is 9.88 Å². The highest BCUT2D eigenvalue weighted by molar-refractivity contribution is 5.81. The molecule has 1 saturated heterocycles. The van der Waals surface area contributed by atoms with E-state index in [1.54, 1.807) is 6.07 Å². The van der Waals surface area contributed by atoms with Gasteiger partial charge in [0.25, 0.3) is 0 Å². The van der Waals surface area contributed by atoms with Gasteiger partial charge in [-0.3, -0.25) is 4.90 Å². The van der Waals surface area contributed by atoms with Crippen LogP contribution in [0.1, 0.15) is 11.1 Å². The van der Waals surface area contributed by atoms with Crippen LogP contribution < -0.4 is 15.1 Å². The Bertz CT molecular complexity index is 1170. The molecular formula is C25H26F3N5. The highest BCUT2D eigenvalue weighted by Crippen LogP contribution is 2.39. The number of hydrogen-bond acceptors (Lipinski definition) is 5. The zero-order valence-electron chi connectivity index (χ0n) is 18.6. The average Bonchev–Trinajstić information content (AvgIpc) is 3.15. The molecule has 3 heterocycles. The van der Waals surface area contributed by atoms with Crippen LogP contribution in [0.15, 0.2) is 48.5 Å². The molecule has 0 saturated carbocycles. The van der Waals surface area contributed by atoms with Gasteiger partial charge in [0.2, 0.25) is 0 Å². The van der Waals surface area contributed by atoms with Crippen molar-refractivity contribution >= 4 is 28.1 Å². The van der Waals surface area contributed by atoms with E-state index in [0.29, 0.717) is 5.69 Å². The highest BCUT2D eigenvalue weighted by Gasteiger charge is 2.36. The quantitative estimate of drug-likeness (QED) is 0.565. The van der Waals surface area contributed by atoms with E-state index in [-0.39, 0.29) is 6.29 Å². The van der Waals surface area contributed by atoms with Crippen LogP contribution in [-0.4, -0.2) is 49.4 Å². The maximum Gasteiger partial charge on any atom is 0.416 e. The number of halogens is 3. The van der Waals surface area contributed by atoms with Crippen molar-refractivity contribution in [2.45, 2.75) is 19.4 Å². The SMILES string of the molecule is C#C.Cc1cc2ccccc2nc1N1CCN(C2Nc3cc(C(F)(F)F)ccc3N2C)CC1. The molecule has 2 aliphatic heterocycles. The molecule has 3 aromatic rings. The summed E-state index contributed by atoms with van der Waals surface area (Å²) in [7, 11) is 1.91. The van der Waals surface area contributed by atoms with Gasteiger partial charge in [-0.05, 0) is 42.8 Å². The smallest absolute Gasteiger partial charge is 0.354 e. The van der Waals surface area contributed by atoms with Crippen LogP contribution in [0.5, 0.6) is 0 Å². The molecule has 2 aromatic carbocycles. The maximum absolute atomic E-state index is 13.1. The van der Waals surface area contributed by atoms with Crippen molar-refractivity contribution in [3.8, 4) is 12.8 Å². The molecule has 8 heteroatoms. The number of pyridine rings is 1. The predicted molar refractivity (Wildman–Crippen MR) is 127 cm³/mol. The van der Waals surface area contributed by atoms with E-state index in [2.05, 4.69) is 47.0 Å². The second-order valence-corrected chi connectivity index (χ2v) is 8.20. The number of fused-ring (bicyclic) bond motifs is 2. The van der Waals surface area contributed by atoms with Crippen LogP contribution in [0.25, 0.3) is 10.9 Å². The van der Waals surface area contributed by atoms with Gasteiger partial charge in [-0.2, -0.15) is 13.2 Å². The van der Waals surface area contributed by atoms with E-state index >= 15 is 0 Å². The minimum absolute atomic E-state index is 0.161. The predicted octanol–water partition coefficient (Wildman–Crippen LogP) is 4.78. The number of nitrogens with zero attached hydrogens (tertiary/aromatic N) is 4. The summed E-state index contributed by atoms with van der Waals surface area (Å²) in [6.45, 7) is 5.28. The summed E-state index contributed by atoms with van der Waals surface area (Å²) in [5.41, 5.74) is 2.81. The van der Waals surface area contributed by atoms with Gasteiger partial charge < -0.3 is 15.1 Å². The van der Waals surface area contributed by atoms with Crippen molar-refractivity contribution in [2.75, 3.05) is 48.3 Å². The van der Waals surface area contributed by atoms with Crippen LogP contribution in [-0.2, 0) is 6.18 Å². The molecule has 33 heavy (non-hydrogen) atoms. The summed E-state index contributed by atoms with van der Waals surface area (Å²) in [5, 5.41) is 4.41. The van der Waals surface area contributed by atoms with Crippen LogP contribution in [0, 0.1) is 19.8 Å². The lowest BCUT2D eigenvalue weighted by Gasteiger charge is -2.41. The summed E-state index contributed by atoms with van der Waals surface area (Å²) in [6, 6.07) is 14.2. The number of anilines is 3. The summed E-state index contributed by atoms with van der Waals surface area (Å²) in [4.78, 5) is 11.4. The number of benzene rings is 2. The van der Waals surface area contributed by atoms with Crippen molar-refractivity contribution in [3.63, 3.8) is 0 Å². The van der Waals surface area contributed by atoms with Crippen LogP contribution in [0.4, 0.5) is 30.4 Å². The minimum atomic E-state index is -4.34. The van der Waals surface area contributed by atoms with Gasteiger partial charge in [0.05, 0.1) is 22.5 Å². The lowest BCUT2D eigenvalue weighted by Crippen LogP contribution is -2.56. The van der Waals surface area contributed by atoms with Crippen molar-refractivity contribution < 1.29 is 13.2 Å². The standard InChI is InChI=1S/C23H24F3N5.C2H2/c1-15-13-16-5-3-4-6-18(16)27-21(15)30-9-11-31(12-10-30)22-28-19-14-17(23(24,25)26)7-8-20(19)29(22)2;1-2/h3-8,13-14,22,28H,9-12H2,1-2H3;1-2H. The third-order valence-corrected chi connectivity index (χ3v) is 6.20. The fourth-order valence-corrected chi connectivity index (χ4v) is 4.55. The van der Waals surface area contributed by atoms with Crippen molar-refractivity contribution in [2.24, 2.45) is 0 Å². The molecule has 1 atom stereocenters. The molecule has 1 N–H and O–H groups in total. The number of aromatic nitrogens is 1. The maximum atomic E-state index is 13.1. The molecule has 2 aliphatic rings.